The topological polar surface area (TPSA) is 64.4 Å². The molecule has 1 aromatic heterocycles. The third-order valence-corrected chi connectivity index (χ3v) is 2.87. The molecular weight excluding hydrogens is 246 g/mol. The first-order chi connectivity index (χ1) is 8.62. The van der Waals surface area contributed by atoms with Crippen molar-refractivity contribution in [2.24, 2.45) is 7.05 Å². The third-order valence-electron chi connectivity index (χ3n) is 2.87. The van der Waals surface area contributed by atoms with E-state index >= 15 is 0 Å². The first-order valence-electron chi connectivity index (χ1n) is 6.03. The van der Waals surface area contributed by atoms with E-state index in [1.54, 1.807) is 51.7 Å². The van der Waals surface area contributed by atoms with Gasteiger partial charge in [0.2, 0.25) is 0 Å². The highest BCUT2D eigenvalue weighted by Crippen LogP contribution is 2.25. The number of rotatable bonds is 3. The van der Waals surface area contributed by atoms with Gasteiger partial charge in [0, 0.05) is 26.5 Å². The molecule has 0 fully saturated rings. The molecule has 0 N–H and O–H groups in total. The monoisotopic (exact) mass is 267 g/mol. The van der Waals surface area contributed by atoms with Gasteiger partial charge in [-0.15, -0.1) is 0 Å². The standard InChI is InChI=1S/C13H21N3O3/c1-12(2,3)19-11(18)16(6)13(4,9-17)10-14-7-8-15(10)5/h7-9H,1-6H3. The van der Waals surface area contributed by atoms with Crippen molar-refractivity contribution in [1.29, 1.82) is 0 Å². The van der Waals surface area contributed by atoms with E-state index in [1.807, 2.05) is 0 Å². The Balaban J connectivity index is 3.06. The molecule has 0 aliphatic heterocycles. The van der Waals surface area contributed by atoms with Gasteiger partial charge in [-0.05, 0) is 27.7 Å². The Hall–Kier alpha value is -1.85. The van der Waals surface area contributed by atoms with Crippen LogP contribution in [0, 0.1) is 0 Å². The van der Waals surface area contributed by atoms with E-state index in [-0.39, 0.29) is 0 Å². The minimum Gasteiger partial charge on any atom is -0.444 e. The lowest BCUT2D eigenvalue weighted by Crippen LogP contribution is -2.49. The highest BCUT2D eigenvalue weighted by atomic mass is 16.6. The minimum atomic E-state index is -1.17. The normalized spacial score (nSPS) is 14.6. The highest BCUT2D eigenvalue weighted by molar-refractivity contribution is 5.77. The van der Waals surface area contributed by atoms with Crippen LogP contribution in [-0.4, -0.2) is 39.5 Å². The van der Waals surface area contributed by atoms with Crippen molar-refractivity contribution in [3.8, 4) is 0 Å². The molecule has 0 saturated carbocycles. The summed E-state index contributed by atoms with van der Waals surface area (Å²) in [7, 11) is 3.30. The predicted octanol–water partition coefficient (Wildman–Crippen LogP) is 1.70. The van der Waals surface area contributed by atoms with Crippen molar-refractivity contribution in [2.75, 3.05) is 7.05 Å². The molecule has 0 aromatic carbocycles. The van der Waals surface area contributed by atoms with Crippen LogP contribution in [0.4, 0.5) is 4.79 Å². The Morgan fingerprint density at radius 2 is 2.00 bits per heavy atom. The summed E-state index contributed by atoms with van der Waals surface area (Å²) in [6, 6.07) is 0. The highest BCUT2D eigenvalue weighted by Gasteiger charge is 2.39. The van der Waals surface area contributed by atoms with Crippen LogP contribution in [0.15, 0.2) is 12.4 Å². The van der Waals surface area contributed by atoms with Crippen LogP contribution in [0.25, 0.3) is 0 Å². The number of hydrogen-bond acceptors (Lipinski definition) is 4. The molecule has 106 valence electrons. The van der Waals surface area contributed by atoms with E-state index in [2.05, 4.69) is 4.98 Å². The van der Waals surface area contributed by atoms with Gasteiger partial charge in [-0.25, -0.2) is 9.78 Å². The Bertz CT molecular complexity index is 476. The quantitative estimate of drug-likeness (QED) is 0.782. The average molecular weight is 267 g/mol. The number of ether oxygens (including phenoxy) is 1. The summed E-state index contributed by atoms with van der Waals surface area (Å²) in [5.74, 6) is 0.482. The summed E-state index contributed by atoms with van der Waals surface area (Å²) < 4.78 is 6.98. The summed E-state index contributed by atoms with van der Waals surface area (Å²) in [6.45, 7) is 6.96. The second-order valence-electron chi connectivity index (χ2n) is 5.67. The average Bonchev–Trinajstić information content (AvgIpc) is 2.71. The molecule has 19 heavy (non-hydrogen) atoms. The number of carbonyl (C=O) groups excluding carboxylic acids is 2. The molecular formula is C13H21N3O3. The number of nitrogens with zero attached hydrogens (tertiary/aromatic N) is 3. The zero-order chi connectivity index (χ0) is 14.8. The summed E-state index contributed by atoms with van der Waals surface area (Å²) in [6.07, 6.45) is 3.43. The zero-order valence-corrected chi connectivity index (χ0v) is 12.3. The maximum absolute atomic E-state index is 12.1. The van der Waals surface area contributed by atoms with E-state index in [0.29, 0.717) is 12.1 Å². The lowest BCUT2D eigenvalue weighted by atomic mass is 10.0. The molecule has 6 heteroatoms. The largest absolute Gasteiger partial charge is 0.444 e. The van der Waals surface area contributed by atoms with Crippen LogP contribution >= 0.6 is 0 Å². The number of hydrogen-bond donors (Lipinski definition) is 0. The van der Waals surface area contributed by atoms with Crippen molar-refractivity contribution >= 4 is 12.4 Å². The van der Waals surface area contributed by atoms with E-state index in [4.69, 9.17) is 4.74 Å². The van der Waals surface area contributed by atoms with Gasteiger partial charge in [0.05, 0.1) is 0 Å². The molecule has 1 aromatic rings. The van der Waals surface area contributed by atoms with Gasteiger partial charge in [-0.1, -0.05) is 0 Å². The molecule has 6 nitrogen and oxygen atoms in total. The first-order valence-corrected chi connectivity index (χ1v) is 6.03. The van der Waals surface area contributed by atoms with Crippen LogP contribution in [0.3, 0.4) is 0 Å². The molecule has 1 amide bonds. The fraction of sp³-hybridized carbons (Fsp3) is 0.615. The molecule has 1 unspecified atom stereocenters. The lowest BCUT2D eigenvalue weighted by molar-refractivity contribution is -0.118. The molecule has 0 saturated heterocycles. The minimum absolute atomic E-state index is 0.482. The van der Waals surface area contributed by atoms with E-state index in [1.165, 1.54) is 11.9 Å². The number of amides is 1. The Labute approximate surface area is 113 Å². The van der Waals surface area contributed by atoms with Crippen molar-refractivity contribution in [2.45, 2.75) is 38.8 Å². The smallest absolute Gasteiger partial charge is 0.411 e. The summed E-state index contributed by atoms with van der Waals surface area (Å²) >= 11 is 0. The van der Waals surface area contributed by atoms with E-state index < -0.39 is 17.2 Å². The molecule has 0 radical (unpaired) electrons. The van der Waals surface area contributed by atoms with Crippen molar-refractivity contribution in [3.05, 3.63) is 18.2 Å². The maximum atomic E-state index is 12.1. The van der Waals surface area contributed by atoms with Crippen LogP contribution in [0.2, 0.25) is 0 Å². The first kappa shape index (κ1) is 15.2. The van der Waals surface area contributed by atoms with E-state index in [9.17, 15) is 9.59 Å². The molecule has 0 aliphatic carbocycles. The second-order valence-corrected chi connectivity index (χ2v) is 5.67. The second kappa shape index (κ2) is 5.03. The van der Waals surface area contributed by atoms with Crippen LogP contribution in [0.5, 0.6) is 0 Å². The molecule has 0 aliphatic rings. The maximum Gasteiger partial charge on any atom is 0.411 e. The van der Waals surface area contributed by atoms with Crippen molar-refractivity contribution in [3.63, 3.8) is 0 Å². The fourth-order valence-corrected chi connectivity index (χ4v) is 1.66. The van der Waals surface area contributed by atoms with Gasteiger partial charge in [-0.3, -0.25) is 4.90 Å². The molecule has 1 heterocycles. The van der Waals surface area contributed by atoms with Gasteiger partial charge < -0.3 is 14.1 Å². The van der Waals surface area contributed by atoms with Crippen LogP contribution < -0.4 is 0 Å². The van der Waals surface area contributed by atoms with Gasteiger partial charge >= 0.3 is 6.09 Å². The molecule has 1 rings (SSSR count). The fourth-order valence-electron chi connectivity index (χ4n) is 1.66. The van der Waals surface area contributed by atoms with Gasteiger partial charge in [-0.2, -0.15) is 0 Å². The zero-order valence-electron chi connectivity index (χ0n) is 12.3. The Morgan fingerprint density at radius 1 is 1.42 bits per heavy atom. The van der Waals surface area contributed by atoms with Gasteiger partial charge in [0.25, 0.3) is 0 Å². The third kappa shape index (κ3) is 3.13. The number of carbonyl (C=O) groups is 2. The van der Waals surface area contributed by atoms with Crippen molar-refractivity contribution in [1.82, 2.24) is 14.5 Å². The Morgan fingerprint density at radius 3 is 2.37 bits per heavy atom. The molecule has 0 bridgehead atoms. The summed E-state index contributed by atoms with van der Waals surface area (Å²) in [5.41, 5.74) is -1.78. The van der Waals surface area contributed by atoms with Crippen LogP contribution in [0.1, 0.15) is 33.5 Å². The number of aromatic nitrogens is 2. The Kier molecular flexibility index (Phi) is 4.03. The molecule has 1 atom stereocenters. The van der Waals surface area contributed by atoms with Gasteiger partial charge in [0.15, 0.2) is 11.8 Å². The van der Waals surface area contributed by atoms with Crippen molar-refractivity contribution < 1.29 is 14.3 Å². The number of imidazole rings is 1. The summed E-state index contributed by atoms with van der Waals surface area (Å²) in [5, 5.41) is 0. The van der Waals surface area contributed by atoms with Crippen LogP contribution in [-0.2, 0) is 22.1 Å². The van der Waals surface area contributed by atoms with Gasteiger partial charge in [0.1, 0.15) is 11.4 Å². The lowest BCUT2D eigenvalue weighted by Gasteiger charge is -2.34. The number of likely N-dealkylation sites (N-methyl/N-ethyl adjacent to an activating group) is 1. The SMILES string of the molecule is CN(C(=O)OC(C)(C)C)C(C)(C=O)c1nccn1C. The number of aldehydes is 1. The number of aryl methyl sites for hydroxylation is 1. The van der Waals surface area contributed by atoms with E-state index in [0.717, 1.165) is 0 Å². The predicted molar refractivity (Wildman–Crippen MR) is 70.6 cm³/mol. The molecule has 0 spiro atoms. The summed E-state index contributed by atoms with van der Waals surface area (Å²) in [4.78, 5) is 29.0.